The number of furan rings is 2. The maximum Gasteiger partial charge on any atom is 0.178 e. The molecule has 4 heteroatoms. The van der Waals surface area contributed by atoms with Crippen molar-refractivity contribution in [3.8, 4) is 0 Å². The molecule has 0 aliphatic carbocycles. The van der Waals surface area contributed by atoms with Crippen molar-refractivity contribution in [2.45, 2.75) is 93.9 Å². The molecule has 0 bridgehead atoms. The van der Waals surface area contributed by atoms with Crippen LogP contribution in [0.25, 0.3) is 65.4 Å². The quantitative estimate of drug-likeness (QED) is 0.167. The van der Waals surface area contributed by atoms with Crippen molar-refractivity contribution in [1.29, 1.82) is 0 Å². The van der Waals surface area contributed by atoms with Gasteiger partial charge in [-0.2, -0.15) is 0 Å². The summed E-state index contributed by atoms with van der Waals surface area (Å²) >= 11 is 0. The lowest BCUT2D eigenvalue weighted by Gasteiger charge is -2.29. The van der Waals surface area contributed by atoms with E-state index in [1.807, 2.05) is 0 Å². The molecule has 0 aliphatic rings. The first-order valence-corrected chi connectivity index (χ1v) is 24.1. The number of hydrogen-bond donors (Lipinski definition) is 0. The van der Waals surface area contributed by atoms with Gasteiger partial charge in [0.15, 0.2) is 11.2 Å². The predicted molar refractivity (Wildman–Crippen MR) is 291 cm³/mol. The number of nitrogens with zero attached hydrogens (tertiary/aromatic N) is 2. The zero-order valence-electron chi connectivity index (χ0n) is 41.6. The summed E-state index contributed by atoms with van der Waals surface area (Å²) in [7, 11) is 0. The second-order valence-corrected chi connectivity index (χ2v) is 21.5. The van der Waals surface area contributed by atoms with E-state index in [9.17, 15) is 0 Å². The summed E-state index contributed by atoms with van der Waals surface area (Å²) in [5.74, 6) is 0. The first-order chi connectivity index (χ1) is 32.4. The van der Waals surface area contributed by atoms with Gasteiger partial charge in [-0.15, -0.1) is 0 Å². The summed E-state index contributed by atoms with van der Waals surface area (Å²) in [6.45, 7) is 26.9. The molecule has 2 heterocycles. The highest BCUT2D eigenvalue weighted by Gasteiger charge is 2.23. The number of benzene rings is 9. The minimum absolute atomic E-state index is 0.0153. The molecule has 0 radical (unpaired) electrons. The van der Waals surface area contributed by atoms with Crippen molar-refractivity contribution in [2.75, 3.05) is 9.80 Å². The summed E-state index contributed by atoms with van der Waals surface area (Å²) in [5.41, 5.74) is 20.4. The van der Waals surface area contributed by atoms with E-state index in [1.165, 1.54) is 44.5 Å². The molecule has 0 unspecified atom stereocenters. The molecule has 0 saturated heterocycles. The van der Waals surface area contributed by atoms with E-state index >= 15 is 0 Å². The molecule has 2 aromatic heterocycles. The van der Waals surface area contributed by atoms with Crippen LogP contribution in [0.2, 0.25) is 0 Å². The van der Waals surface area contributed by atoms with E-state index in [4.69, 9.17) is 8.83 Å². The van der Waals surface area contributed by atoms with Gasteiger partial charge in [0.1, 0.15) is 11.2 Å². The Morgan fingerprint density at radius 3 is 1.06 bits per heavy atom. The fraction of sp³-hybridized carbons (Fsp3) is 0.219. The van der Waals surface area contributed by atoms with Crippen LogP contribution >= 0.6 is 0 Å². The van der Waals surface area contributed by atoms with Crippen LogP contribution in [0.4, 0.5) is 34.1 Å². The maximum atomic E-state index is 6.86. The fourth-order valence-electron chi connectivity index (χ4n) is 10.2. The topological polar surface area (TPSA) is 32.8 Å². The molecular formula is C64H60N2O2. The van der Waals surface area contributed by atoms with Crippen molar-refractivity contribution >= 4 is 99.5 Å². The van der Waals surface area contributed by atoms with E-state index in [2.05, 4.69) is 238 Å². The summed E-state index contributed by atoms with van der Waals surface area (Å²) in [4.78, 5) is 4.79. The average molecular weight is 889 g/mol. The first-order valence-electron chi connectivity index (χ1n) is 24.1. The molecule has 4 nitrogen and oxygen atoms in total. The smallest absolute Gasteiger partial charge is 0.178 e. The maximum absolute atomic E-state index is 6.86. The molecular weight excluding hydrogens is 829 g/mol. The van der Waals surface area contributed by atoms with Gasteiger partial charge in [-0.25, -0.2) is 0 Å². The Bertz CT molecular complexity index is 3550. The lowest BCUT2D eigenvalue weighted by Crippen LogP contribution is -2.14. The highest BCUT2D eigenvalue weighted by molar-refractivity contribution is 6.21. The molecule has 338 valence electrons. The van der Waals surface area contributed by atoms with Gasteiger partial charge in [0.05, 0.1) is 0 Å². The number of anilines is 6. The molecule has 0 N–H and O–H groups in total. The zero-order chi connectivity index (χ0) is 47.6. The molecule has 0 saturated carbocycles. The Morgan fingerprint density at radius 1 is 0.324 bits per heavy atom. The van der Waals surface area contributed by atoms with Crippen LogP contribution in [0.5, 0.6) is 0 Å². The molecule has 68 heavy (non-hydrogen) atoms. The van der Waals surface area contributed by atoms with Gasteiger partial charge in [0, 0.05) is 55.7 Å². The molecule has 0 atom stereocenters. The minimum atomic E-state index is 0.0153. The highest BCUT2D eigenvalue weighted by atomic mass is 16.4. The van der Waals surface area contributed by atoms with E-state index < -0.39 is 0 Å². The van der Waals surface area contributed by atoms with Crippen molar-refractivity contribution in [3.63, 3.8) is 0 Å². The molecule has 0 spiro atoms. The van der Waals surface area contributed by atoms with Gasteiger partial charge in [-0.1, -0.05) is 77.9 Å². The SMILES string of the molecule is Cc1cc(N(c2cccc(C(C)(C)C)c2)c2ccc3cc4c(cc3c2)oc2c4ccc3c4cc5ccc(N(c6cccc(C(C)(C)C)c6)c6cc(C)c(C)c(C)c6)cc5cc4oc32)cc(C)c1C. The second-order valence-electron chi connectivity index (χ2n) is 21.5. The third kappa shape index (κ3) is 7.29. The van der Waals surface area contributed by atoms with Crippen LogP contribution < -0.4 is 9.80 Å². The van der Waals surface area contributed by atoms with Gasteiger partial charge in [0.25, 0.3) is 0 Å². The van der Waals surface area contributed by atoms with Gasteiger partial charge in [-0.3, -0.25) is 0 Å². The lowest BCUT2D eigenvalue weighted by molar-refractivity contribution is 0.590. The van der Waals surface area contributed by atoms with Crippen molar-refractivity contribution in [3.05, 3.63) is 190 Å². The monoisotopic (exact) mass is 888 g/mol. The molecule has 9 aromatic carbocycles. The zero-order valence-corrected chi connectivity index (χ0v) is 41.6. The molecule has 11 rings (SSSR count). The summed E-state index contributed by atoms with van der Waals surface area (Å²) < 4.78 is 13.7. The molecule has 0 fully saturated rings. The number of hydrogen-bond acceptors (Lipinski definition) is 4. The van der Waals surface area contributed by atoms with E-state index in [1.54, 1.807) is 0 Å². The molecule has 11 aromatic rings. The Hall–Kier alpha value is -7.30. The van der Waals surface area contributed by atoms with Crippen LogP contribution in [0.1, 0.15) is 86.1 Å². The fourth-order valence-corrected chi connectivity index (χ4v) is 10.2. The normalized spacial score (nSPS) is 12.4. The minimum Gasteiger partial charge on any atom is -0.452 e. The molecule has 0 amide bonds. The van der Waals surface area contributed by atoms with Gasteiger partial charge < -0.3 is 18.6 Å². The Balaban J connectivity index is 1.03. The first kappa shape index (κ1) is 43.3. The van der Waals surface area contributed by atoms with Gasteiger partial charge in [-0.05, 0) is 228 Å². The number of rotatable bonds is 6. The third-order valence-corrected chi connectivity index (χ3v) is 14.8. The second kappa shape index (κ2) is 15.6. The number of fused-ring (bicyclic) bond motifs is 9. The van der Waals surface area contributed by atoms with Crippen LogP contribution in [-0.4, -0.2) is 0 Å². The predicted octanol–water partition coefficient (Wildman–Crippen LogP) is 19.2. The van der Waals surface area contributed by atoms with Crippen LogP contribution in [0.3, 0.4) is 0 Å². The van der Waals surface area contributed by atoms with Crippen molar-refractivity contribution in [2.24, 2.45) is 0 Å². The summed E-state index contributed by atoms with van der Waals surface area (Å²) in [6, 6.07) is 54.2. The van der Waals surface area contributed by atoms with Crippen LogP contribution in [-0.2, 0) is 10.8 Å². The van der Waals surface area contributed by atoms with Crippen molar-refractivity contribution in [1.82, 2.24) is 0 Å². The summed E-state index contributed by atoms with van der Waals surface area (Å²) in [5, 5.41) is 8.80. The van der Waals surface area contributed by atoms with Gasteiger partial charge in [0.2, 0.25) is 0 Å². The van der Waals surface area contributed by atoms with Gasteiger partial charge >= 0.3 is 0 Å². The average Bonchev–Trinajstić information content (AvgIpc) is 3.85. The Labute approximate surface area is 400 Å². The van der Waals surface area contributed by atoms with Crippen LogP contribution in [0, 0.1) is 41.5 Å². The van der Waals surface area contributed by atoms with E-state index in [0.29, 0.717) is 0 Å². The lowest BCUT2D eigenvalue weighted by atomic mass is 9.86. The van der Waals surface area contributed by atoms with Crippen molar-refractivity contribution < 1.29 is 8.83 Å². The van der Waals surface area contributed by atoms with Crippen LogP contribution in [0.15, 0.2) is 154 Å². The van der Waals surface area contributed by atoms with E-state index in [0.717, 1.165) is 99.5 Å². The summed E-state index contributed by atoms with van der Waals surface area (Å²) in [6.07, 6.45) is 0. The standard InChI is InChI=1S/C64H60N2O2/c1-37-25-53(26-38(2)41(37)5)65(49-17-13-15-47(35-49)63(7,8)9)51-21-19-43-31-57-55-23-24-56-58-32-44-20-22-52(30-46(44)34-60(58)68-62(56)61(55)67-59(57)33-45(43)29-51)66(54-27-39(3)42(6)40(4)28-54)50-18-14-16-48(36-50)64(10,11)12/h13-36H,1-12H3. The van der Waals surface area contributed by atoms with E-state index in [-0.39, 0.29) is 10.8 Å². The highest BCUT2D eigenvalue weighted by Crippen LogP contribution is 2.45. The largest absolute Gasteiger partial charge is 0.452 e. The third-order valence-electron chi connectivity index (χ3n) is 14.8. The Morgan fingerprint density at radius 2 is 0.691 bits per heavy atom. The molecule has 0 aliphatic heterocycles. The Kier molecular flexibility index (Phi) is 9.95. The number of aryl methyl sites for hydroxylation is 4.